The highest BCUT2D eigenvalue weighted by molar-refractivity contribution is 5.76. The minimum Gasteiger partial charge on any atom is -0.350 e. The average Bonchev–Trinajstić information content (AvgIpc) is 2.40. The minimum atomic E-state index is -0.338. The number of aromatic nitrogens is 2. The topological polar surface area (TPSA) is 64.0 Å². The second kappa shape index (κ2) is 6.13. The van der Waals surface area contributed by atoms with Crippen molar-refractivity contribution in [2.75, 3.05) is 0 Å². The zero-order valence-corrected chi connectivity index (χ0v) is 13.4. The summed E-state index contributed by atoms with van der Waals surface area (Å²) in [6.45, 7) is 7.60. The Morgan fingerprint density at radius 2 is 1.77 bits per heavy atom. The molecule has 0 aliphatic carbocycles. The molecule has 0 aliphatic heterocycles. The minimum absolute atomic E-state index is 0.0875. The van der Waals surface area contributed by atoms with Gasteiger partial charge in [-0.3, -0.25) is 9.59 Å². The van der Waals surface area contributed by atoms with Crippen molar-refractivity contribution in [3.63, 3.8) is 0 Å². The van der Waals surface area contributed by atoms with E-state index < -0.39 is 0 Å². The maximum Gasteiger partial charge on any atom is 0.267 e. The number of nitrogens with zero attached hydrogens (tertiary/aromatic N) is 2. The molecule has 0 spiro atoms. The Labute approximate surface area is 130 Å². The number of hydrogen-bond donors (Lipinski definition) is 1. The van der Waals surface area contributed by atoms with Crippen molar-refractivity contribution in [2.24, 2.45) is 0 Å². The summed E-state index contributed by atoms with van der Waals surface area (Å²) < 4.78 is 1.19. The Bertz CT molecular complexity index is 725. The molecule has 116 valence electrons. The van der Waals surface area contributed by atoms with Crippen molar-refractivity contribution in [1.29, 1.82) is 0 Å². The summed E-state index contributed by atoms with van der Waals surface area (Å²) in [7, 11) is 0. The van der Waals surface area contributed by atoms with Gasteiger partial charge in [0, 0.05) is 17.2 Å². The molecule has 1 aromatic heterocycles. The summed E-state index contributed by atoms with van der Waals surface area (Å²) in [5, 5.41) is 7.11. The number of carbonyl (C=O) groups is 1. The molecule has 1 heterocycles. The first-order valence-electron chi connectivity index (χ1n) is 7.21. The van der Waals surface area contributed by atoms with Gasteiger partial charge >= 0.3 is 0 Å². The molecule has 0 unspecified atom stereocenters. The van der Waals surface area contributed by atoms with Crippen LogP contribution in [0.5, 0.6) is 0 Å². The Kier molecular flexibility index (Phi) is 4.45. The lowest BCUT2D eigenvalue weighted by molar-refractivity contribution is -0.123. The molecule has 1 N–H and O–H groups in total. The van der Waals surface area contributed by atoms with Gasteiger partial charge in [0.05, 0.1) is 5.69 Å². The smallest absolute Gasteiger partial charge is 0.267 e. The van der Waals surface area contributed by atoms with Crippen LogP contribution >= 0.6 is 0 Å². The second-order valence-corrected chi connectivity index (χ2v) is 6.38. The molecule has 5 nitrogen and oxygen atoms in total. The Balaban J connectivity index is 2.26. The number of rotatable bonds is 3. The number of hydrogen-bond acceptors (Lipinski definition) is 3. The molecule has 22 heavy (non-hydrogen) atoms. The molecular weight excluding hydrogens is 278 g/mol. The standard InChI is InChI=1S/C17H21N3O2/c1-12-5-7-13(8-6-12)14-9-10-16(22)20(19-14)11-15(21)18-17(2,3)4/h5-10H,11H2,1-4H3,(H,18,21). The Morgan fingerprint density at radius 1 is 1.14 bits per heavy atom. The monoisotopic (exact) mass is 299 g/mol. The highest BCUT2D eigenvalue weighted by atomic mass is 16.2. The first-order chi connectivity index (χ1) is 10.2. The van der Waals surface area contributed by atoms with Crippen LogP contribution in [0.4, 0.5) is 0 Å². The molecule has 0 atom stereocenters. The number of nitrogens with one attached hydrogen (secondary N) is 1. The first kappa shape index (κ1) is 15.9. The largest absolute Gasteiger partial charge is 0.350 e. The molecule has 0 saturated carbocycles. The van der Waals surface area contributed by atoms with E-state index in [-0.39, 0.29) is 23.6 Å². The van der Waals surface area contributed by atoms with Gasteiger partial charge in [-0.05, 0) is 33.8 Å². The van der Waals surface area contributed by atoms with Crippen molar-refractivity contribution in [3.05, 3.63) is 52.3 Å². The summed E-state index contributed by atoms with van der Waals surface area (Å²) in [6.07, 6.45) is 0. The number of amides is 1. The van der Waals surface area contributed by atoms with Gasteiger partial charge < -0.3 is 5.32 Å². The maximum absolute atomic E-state index is 12.0. The van der Waals surface area contributed by atoms with E-state index >= 15 is 0 Å². The molecule has 0 saturated heterocycles. The lowest BCUT2D eigenvalue weighted by atomic mass is 10.1. The van der Waals surface area contributed by atoms with E-state index in [2.05, 4.69) is 10.4 Å². The fraction of sp³-hybridized carbons (Fsp3) is 0.353. The quantitative estimate of drug-likeness (QED) is 0.944. The third-order valence-corrected chi connectivity index (χ3v) is 3.02. The average molecular weight is 299 g/mol. The zero-order chi connectivity index (χ0) is 16.3. The third kappa shape index (κ3) is 4.28. The first-order valence-corrected chi connectivity index (χ1v) is 7.21. The highest BCUT2D eigenvalue weighted by Crippen LogP contribution is 2.15. The van der Waals surface area contributed by atoms with E-state index in [0.717, 1.165) is 11.1 Å². The van der Waals surface area contributed by atoms with Gasteiger partial charge in [-0.2, -0.15) is 5.10 Å². The van der Waals surface area contributed by atoms with Gasteiger partial charge in [-0.15, -0.1) is 0 Å². The summed E-state index contributed by atoms with van der Waals surface area (Å²) in [5.41, 5.74) is 2.11. The summed E-state index contributed by atoms with van der Waals surface area (Å²) in [4.78, 5) is 23.8. The molecule has 1 amide bonds. The van der Waals surface area contributed by atoms with Gasteiger partial charge in [0.25, 0.3) is 5.56 Å². The predicted octanol–water partition coefficient (Wildman–Crippen LogP) is 2.13. The summed E-state index contributed by atoms with van der Waals surface area (Å²) in [5.74, 6) is -0.233. The zero-order valence-electron chi connectivity index (χ0n) is 13.4. The van der Waals surface area contributed by atoms with Crippen molar-refractivity contribution in [3.8, 4) is 11.3 Å². The van der Waals surface area contributed by atoms with E-state index in [0.29, 0.717) is 5.69 Å². The van der Waals surface area contributed by atoms with Crippen LogP contribution in [-0.4, -0.2) is 21.2 Å². The number of aryl methyl sites for hydroxylation is 1. The van der Waals surface area contributed by atoms with Crippen LogP contribution in [0.3, 0.4) is 0 Å². The lowest BCUT2D eigenvalue weighted by Gasteiger charge is -2.20. The highest BCUT2D eigenvalue weighted by Gasteiger charge is 2.15. The van der Waals surface area contributed by atoms with Gasteiger partial charge in [0.2, 0.25) is 5.91 Å². The van der Waals surface area contributed by atoms with Crippen molar-refractivity contribution >= 4 is 5.91 Å². The van der Waals surface area contributed by atoms with E-state index in [4.69, 9.17) is 0 Å². The van der Waals surface area contributed by atoms with Crippen molar-refractivity contribution in [1.82, 2.24) is 15.1 Å². The molecule has 2 aromatic rings. The lowest BCUT2D eigenvalue weighted by Crippen LogP contribution is -2.43. The van der Waals surface area contributed by atoms with Gasteiger partial charge in [-0.1, -0.05) is 29.8 Å². The van der Waals surface area contributed by atoms with Crippen LogP contribution in [-0.2, 0) is 11.3 Å². The van der Waals surface area contributed by atoms with Gasteiger partial charge in [-0.25, -0.2) is 4.68 Å². The van der Waals surface area contributed by atoms with Crippen LogP contribution in [0.15, 0.2) is 41.2 Å². The maximum atomic E-state index is 12.0. The number of benzene rings is 1. The SMILES string of the molecule is Cc1ccc(-c2ccc(=O)n(CC(=O)NC(C)(C)C)n2)cc1. The molecule has 0 radical (unpaired) electrons. The van der Waals surface area contributed by atoms with Crippen LogP contribution in [0, 0.1) is 6.92 Å². The van der Waals surface area contributed by atoms with Gasteiger partial charge in [0.1, 0.15) is 6.54 Å². The molecule has 2 rings (SSSR count). The van der Waals surface area contributed by atoms with Crippen LogP contribution < -0.4 is 10.9 Å². The van der Waals surface area contributed by atoms with Gasteiger partial charge in [0.15, 0.2) is 0 Å². The normalized spacial score (nSPS) is 11.3. The van der Waals surface area contributed by atoms with E-state index in [1.54, 1.807) is 6.07 Å². The Morgan fingerprint density at radius 3 is 2.36 bits per heavy atom. The fourth-order valence-corrected chi connectivity index (χ4v) is 2.03. The predicted molar refractivity (Wildman–Crippen MR) is 86.6 cm³/mol. The van der Waals surface area contributed by atoms with Crippen LogP contribution in [0.25, 0.3) is 11.3 Å². The Hall–Kier alpha value is -2.43. The molecule has 0 bridgehead atoms. The molecule has 5 heteroatoms. The molecule has 0 fully saturated rings. The number of carbonyl (C=O) groups excluding carboxylic acids is 1. The van der Waals surface area contributed by atoms with E-state index in [9.17, 15) is 9.59 Å². The van der Waals surface area contributed by atoms with E-state index in [1.165, 1.54) is 10.7 Å². The molecule has 0 aliphatic rings. The van der Waals surface area contributed by atoms with Crippen LogP contribution in [0.1, 0.15) is 26.3 Å². The van der Waals surface area contributed by atoms with Crippen LogP contribution in [0.2, 0.25) is 0 Å². The van der Waals surface area contributed by atoms with Crippen molar-refractivity contribution < 1.29 is 4.79 Å². The molecular formula is C17H21N3O2. The second-order valence-electron chi connectivity index (χ2n) is 6.38. The summed E-state index contributed by atoms with van der Waals surface area (Å²) in [6, 6.07) is 11.0. The third-order valence-electron chi connectivity index (χ3n) is 3.02. The van der Waals surface area contributed by atoms with E-state index in [1.807, 2.05) is 52.0 Å². The molecule has 1 aromatic carbocycles. The summed E-state index contributed by atoms with van der Waals surface area (Å²) >= 11 is 0. The fourth-order valence-electron chi connectivity index (χ4n) is 2.03. The van der Waals surface area contributed by atoms with Crippen molar-refractivity contribution in [2.45, 2.75) is 39.8 Å².